The Bertz CT molecular complexity index is 448. The van der Waals surface area contributed by atoms with Crippen LogP contribution in [0.5, 0.6) is 0 Å². The van der Waals surface area contributed by atoms with Gasteiger partial charge in [-0.25, -0.2) is 4.98 Å². The molecule has 0 aliphatic carbocycles. The van der Waals surface area contributed by atoms with Crippen molar-refractivity contribution in [3.05, 3.63) is 23.5 Å². The van der Waals surface area contributed by atoms with E-state index < -0.39 is 12.0 Å². The Morgan fingerprint density at radius 1 is 1.80 bits per heavy atom. The summed E-state index contributed by atoms with van der Waals surface area (Å²) < 4.78 is 1.92. The van der Waals surface area contributed by atoms with Crippen LogP contribution in [-0.4, -0.2) is 26.5 Å². The van der Waals surface area contributed by atoms with Crippen LogP contribution in [0.4, 0.5) is 0 Å². The van der Waals surface area contributed by atoms with Gasteiger partial charge in [0.1, 0.15) is 6.04 Å². The molecule has 2 aromatic heterocycles. The number of aliphatic carboxylic acids is 1. The summed E-state index contributed by atoms with van der Waals surface area (Å²) in [6, 6.07) is -0.551. The third kappa shape index (κ3) is 2.16. The molecular weight excluding hydrogens is 214 g/mol. The zero-order valence-corrected chi connectivity index (χ0v) is 8.99. The van der Waals surface area contributed by atoms with Crippen molar-refractivity contribution in [1.29, 1.82) is 0 Å². The SMILES string of the molecule is C[C@H](NCc1cn2ccsc2n1)C(=O)O. The fourth-order valence-corrected chi connectivity index (χ4v) is 1.93. The Morgan fingerprint density at radius 2 is 2.60 bits per heavy atom. The van der Waals surface area contributed by atoms with Crippen molar-refractivity contribution >= 4 is 22.3 Å². The van der Waals surface area contributed by atoms with Crippen molar-refractivity contribution in [2.24, 2.45) is 0 Å². The minimum Gasteiger partial charge on any atom is -0.480 e. The number of nitrogens with zero attached hydrogens (tertiary/aromatic N) is 2. The predicted octanol–water partition coefficient (Wildman–Crippen LogP) is 0.959. The Balaban J connectivity index is 2.01. The lowest BCUT2D eigenvalue weighted by Crippen LogP contribution is -2.33. The van der Waals surface area contributed by atoms with Crippen molar-refractivity contribution < 1.29 is 9.90 Å². The van der Waals surface area contributed by atoms with E-state index in [-0.39, 0.29) is 0 Å². The first-order valence-corrected chi connectivity index (χ1v) is 5.42. The molecule has 0 radical (unpaired) electrons. The fourth-order valence-electron chi connectivity index (χ4n) is 1.21. The van der Waals surface area contributed by atoms with Gasteiger partial charge in [-0.3, -0.25) is 14.5 Å². The molecule has 2 rings (SSSR count). The lowest BCUT2D eigenvalue weighted by molar-refractivity contribution is -0.139. The van der Waals surface area contributed by atoms with Crippen LogP contribution in [0.2, 0.25) is 0 Å². The first-order valence-electron chi connectivity index (χ1n) is 4.54. The van der Waals surface area contributed by atoms with E-state index in [1.807, 2.05) is 22.2 Å². The number of hydrogen-bond donors (Lipinski definition) is 2. The standard InChI is InChI=1S/C9H11N3O2S/c1-6(8(13)14)10-4-7-5-12-2-3-15-9(12)11-7/h2-3,5-6,10H,4H2,1H3,(H,13,14)/t6-/m0/s1. The van der Waals surface area contributed by atoms with Crippen molar-refractivity contribution in [2.75, 3.05) is 0 Å². The molecule has 1 atom stereocenters. The summed E-state index contributed by atoms with van der Waals surface area (Å²) in [5.74, 6) is -0.851. The average Bonchev–Trinajstić information content (AvgIpc) is 2.72. The molecule has 0 bridgehead atoms. The van der Waals surface area contributed by atoms with Crippen molar-refractivity contribution in [1.82, 2.24) is 14.7 Å². The maximum atomic E-state index is 10.6. The number of carbonyl (C=O) groups is 1. The topological polar surface area (TPSA) is 66.6 Å². The van der Waals surface area contributed by atoms with Crippen LogP contribution in [0.25, 0.3) is 4.96 Å². The summed E-state index contributed by atoms with van der Waals surface area (Å²) >= 11 is 1.56. The Kier molecular flexibility index (Phi) is 2.70. The van der Waals surface area contributed by atoms with E-state index in [4.69, 9.17) is 5.11 Å². The van der Waals surface area contributed by atoms with Crippen LogP contribution < -0.4 is 5.32 Å². The summed E-state index contributed by atoms with van der Waals surface area (Å²) in [7, 11) is 0. The molecule has 5 nitrogen and oxygen atoms in total. The van der Waals surface area contributed by atoms with Gasteiger partial charge in [0.2, 0.25) is 0 Å². The van der Waals surface area contributed by atoms with Gasteiger partial charge < -0.3 is 5.11 Å². The number of hydrogen-bond acceptors (Lipinski definition) is 4. The number of aromatic nitrogens is 2. The molecule has 0 amide bonds. The third-order valence-electron chi connectivity index (χ3n) is 2.10. The molecule has 15 heavy (non-hydrogen) atoms. The first-order chi connectivity index (χ1) is 7.16. The summed E-state index contributed by atoms with van der Waals surface area (Å²) in [5.41, 5.74) is 0.856. The number of rotatable bonds is 4. The largest absolute Gasteiger partial charge is 0.480 e. The third-order valence-corrected chi connectivity index (χ3v) is 2.87. The quantitative estimate of drug-likeness (QED) is 0.813. The molecule has 0 unspecified atom stereocenters. The number of carboxylic acids is 1. The van der Waals surface area contributed by atoms with E-state index in [2.05, 4.69) is 10.3 Å². The smallest absolute Gasteiger partial charge is 0.320 e. The van der Waals surface area contributed by atoms with E-state index in [0.29, 0.717) is 6.54 Å². The van der Waals surface area contributed by atoms with Gasteiger partial charge in [-0.15, -0.1) is 11.3 Å². The lowest BCUT2D eigenvalue weighted by Gasteiger charge is -2.06. The summed E-state index contributed by atoms with van der Waals surface area (Å²) in [6.45, 7) is 2.09. The molecule has 0 aliphatic rings. The zero-order valence-electron chi connectivity index (χ0n) is 8.17. The summed E-state index contributed by atoms with van der Waals surface area (Å²) in [6.07, 6.45) is 3.82. The second-order valence-corrected chi connectivity index (χ2v) is 4.14. The maximum absolute atomic E-state index is 10.6. The van der Waals surface area contributed by atoms with Crippen molar-refractivity contribution in [3.8, 4) is 0 Å². The highest BCUT2D eigenvalue weighted by molar-refractivity contribution is 7.15. The predicted molar refractivity (Wildman–Crippen MR) is 57.0 cm³/mol. The van der Waals surface area contributed by atoms with Gasteiger partial charge in [0.15, 0.2) is 4.96 Å². The summed E-state index contributed by atoms with van der Waals surface area (Å²) in [5, 5.41) is 13.5. The van der Waals surface area contributed by atoms with Crippen LogP contribution in [0.1, 0.15) is 12.6 Å². The van der Waals surface area contributed by atoms with Gasteiger partial charge in [0.05, 0.1) is 5.69 Å². The van der Waals surface area contributed by atoms with Gasteiger partial charge in [0.25, 0.3) is 0 Å². The monoisotopic (exact) mass is 225 g/mol. The number of carboxylic acid groups (broad SMARTS) is 1. The minimum absolute atomic E-state index is 0.474. The van der Waals surface area contributed by atoms with Gasteiger partial charge in [-0.1, -0.05) is 0 Å². The maximum Gasteiger partial charge on any atom is 0.320 e. The van der Waals surface area contributed by atoms with Crippen molar-refractivity contribution in [2.45, 2.75) is 19.5 Å². The molecule has 0 aliphatic heterocycles. The Hall–Kier alpha value is -1.40. The highest BCUT2D eigenvalue weighted by Gasteiger charge is 2.10. The van der Waals surface area contributed by atoms with E-state index in [9.17, 15) is 4.79 Å². The van der Waals surface area contributed by atoms with E-state index in [0.717, 1.165) is 10.7 Å². The average molecular weight is 225 g/mol. The van der Waals surface area contributed by atoms with Crippen LogP contribution >= 0.6 is 11.3 Å². The number of imidazole rings is 1. The van der Waals surface area contributed by atoms with E-state index >= 15 is 0 Å². The van der Waals surface area contributed by atoms with Crippen molar-refractivity contribution in [3.63, 3.8) is 0 Å². The Morgan fingerprint density at radius 3 is 3.27 bits per heavy atom. The number of thiazole rings is 1. The van der Waals surface area contributed by atoms with E-state index in [1.165, 1.54) is 0 Å². The van der Waals surface area contributed by atoms with Gasteiger partial charge in [0, 0.05) is 24.3 Å². The Labute approximate surface area is 90.4 Å². The second kappa shape index (κ2) is 4.00. The molecule has 0 aromatic carbocycles. The molecule has 2 N–H and O–H groups in total. The van der Waals surface area contributed by atoms with Gasteiger partial charge in [-0.2, -0.15) is 0 Å². The second-order valence-electron chi connectivity index (χ2n) is 3.27. The van der Waals surface area contributed by atoms with Gasteiger partial charge >= 0.3 is 5.97 Å². The molecule has 2 aromatic rings. The molecule has 80 valence electrons. The highest BCUT2D eigenvalue weighted by Crippen LogP contribution is 2.11. The highest BCUT2D eigenvalue weighted by atomic mass is 32.1. The fraction of sp³-hybridized carbons (Fsp3) is 0.333. The van der Waals surface area contributed by atoms with Crippen LogP contribution in [0, 0.1) is 0 Å². The molecule has 0 saturated carbocycles. The normalized spacial score (nSPS) is 13.1. The molecule has 0 saturated heterocycles. The van der Waals surface area contributed by atoms with Crippen LogP contribution in [0.15, 0.2) is 17.8 Å². The molecule has 0 fully saturated rings. The number of fused-ring (bicyclic) bond motifs is 1. The van der Waals surface area contributed by atoms with E-state index in [1.54, 1.807) is 18.3 Å². The molecule has 0 spiro atoms. The molecule has 2 heterocycles. The zero-order chi connectivity index (χ0) is 10.8. The first kappa shape index (κ1) is 10.1. The minimum atomic E-state index is -0.851. The number of nitrogens with one attached hydrogen (secondary N) is 1. The lowest BCUT2D eigenvalue weighted by atomic mass is 10.3. The molecule has 6 heteroatoms. The van der Waals surface area contributed by atoms with Crippen LogP contribution in [-0.2, 0) is 11.3 Å². The van der Waals surface area contributed by atoms with Gasteiger partial charge in [-0.05, 0) is 6.92 Å². The summed E-state index contributed by atoms with van der Waals surface area (Å²) in [4.78, 5) is 15.8. The van der Waals surface area contributed by atoms with Crippen LogP contribution in [0.3, 0.4) is 0 Å². The molecular formula is C9H11N3O2S.